The van der Waals surface area contributed by atoms with Gasteiger partial charge in [0, 0.05) is 5.56 Å². The SMILES string of the molecule is CC(N)c1nnc(-c2ccc3c(c2)COC3)s1. The van der Waals surface area contributed by atoms with Gasteiger partial charge in [-0.3, -0.25) is 0 Å². The zero-order chi connectivity index (χ0) is 11.8. The smallest absolute Gasteiger partial charge is 0.147 e. The first kappa shape index (κ1) is 10.8. The van der Waals surface area contributed by atoms with Crippen molar-refractivity contribution in [3.63, 3.8) is 0 Å². The van der Waals surface area contributed by atoms with Gasteiger partial charge >= 0.3 is 0 Å². The molecule has 88 valence electrons. The van der Waals surface area contributed by atoms with Gasteiger partial charge in [0.1, 0.15) is 10.0 Å². The number of hydrogen-bond acceptors (Lipinski definition) is 5. The van der Waals surface area contributed by atoms with Crippen LogP contribution in [0.1, 0.15) is 29.1 Å². The summed E-state index contributed by atoms with van der Waals surface area (Å²) in [5, 5.41) is 10.1. The van der Waals surface area contributed by atoms with Gasteiger partial charge in [-0.1, -0.05) is 23.5 Å². The van der Waals surface area contributed by atoms with Gasteiger partial charge in [-0.05, 0) is 24.1 Å². The fourth-order valence-electron chi connectivity index (χ4n) is 1.84. The van der Waals surface area contributed by atoms with Gasteiger partial charge in [-0.25, -0.2) is 0 Å². The Morgan fingerprint density at radius 1 is 1.29 bits per heavy atom. The highest BCUT2D eigenvalue weighted by atomic mass is 32.1. The molecule has 17 heavy (non-hydrogen) atoms. The first-order valence-corrected chi connectivity index (χ1v) is 6.34. The third-order valence-corrected chi connectivity index (χ3v) is 3.97. The molecule has 2 aromatic rings. The molecule has 3 rings (SSSR count). The quantitative estimate of drug-likeness (QED) is 0.884. The summed E-state index contributed by atoms with van der Waals surface area (Å²) in [6.07, 6.45) is 0. The highest BCUT2D eigenvalue weighted by Gasteiger charge is 2.14. The Hall–Kier alpha value is -1.30. The van der Waals surface area contributed by atoms with Crippen molar-refractivity contribution in [3.8, 4) is 10.6 Å². The Labute approximate surface area is 103 Å². The van der Waals surface area contributed by atoms with Gasteiger partial charge in [0.15, 0.2) is 0 Å². The first-order chi connectivity index (χ1) is 8.24. The van der Waals surface area contributed by atoms with Crippen LogP contribution in [0.4, 0.5) is 0 Å². The van der Waals surface area contributed by atoms with Crippen LogP contribution in [0.15, 0.2) is 18.2 Å². The van der Waals surface area contributed by atoms with E-state index in [1.54, 1.807) is 11.3 Å². The molecule has 1 atom stereocenters. The van der Waals surface area contributed by atoms with Gasteiger partial charge in [0.25, 0.3) is 0 Å². The molecule has 0 spiro atoms. The Kier molecular flexibility index (Phi) is 2.66. The lowest BCUT2D eigenvalue weighted by Gasteiger charge is -1.99. The van der Waals surface area contributed by atoms with Crippen LogP contribution < -0.4 is 5.73 Å². The molecule has 0 amide bonds. The summed E-state index contributed by atoms with van der Waals surface area (Å²) in [5.41, 5.74) is 9.40. The fourth-order valence-corrected chi connectivity index (χ4v) is 2.63. The molecule has 2 N–H and O–H groups in total. The molecule has 0 saturated heterocycles. The van der Waals surface area contributed by atoms with Crippen molar-refractivity contribution in [2.45, 2.75) is 26.2 Å². The van der Waals surface area contributed by atoms with Crippen LogP contribution in [-0.2, 0) is 18.0 Å². The minimum Gasteiger partial charge on any atom is -0.372 e. The molecular formula is C12H13N3OS. The summed E-state index contributed by atoms with van der Waals surface area (Å²) >= 11 is 1.55. The molecule has 0 radical (unpaired) electrons. The van der Waals surface area contributed by atoms with Crippen molar-refractivity contribution in [1.29, 1.82) is 0 Å². The van der Waals surface area contributed by atoms with E-state index in [9.17, 15) is 0 Å². The molecule has 1 aliphatic rings. The molecule has 1 aromatic carbocycles. The molecule has 1 aliphatic heterocycles. The van der Waals surface area contributed by atoms with Crippen LogP contribution in [0.5, 0.6) is 0 Å². The van der Waals surface area contributed by atoms with Crippen LogP contribution in [0.2, 0.25) is 0 Å². The van der Waals surface area contributed by atoms with Gasteiger partial charge in [0.2, 0.25) is 0 Å². The van der Waals surface area contributed by atoms with Crippen LogP contribution in [-0.4, -0.2) is 10.2 Å². The summed E-state index contributed by atoms with van der Waals surface area (Å²) in [6, 6.07) is 6.25. The van der Waals surface area contributed by atoms with E-state index in [1.165, 1.54) is 11.1 Å². The van der Waals surface area contributed by atoms with Crippen LogP contribution in [0.25, 0.3) is 10.6 Å². The number of benzene rings is 1. The van der Waals surface area contributed by atoms with Crippen LogP contribution in [0, 0.1) is 0 Å². The number of nitrogens with zero attached hydrogens (tertiary/aromatic N) is 2. The lowest BCUT2D eigenvalue weighted by molar-refractivity contribution is 0.134. The molecular weight excluding hydrogens is 234 g/mol. The maximum absolute atomic E-state index is 5.78. The number of fused-ring (bicyclic) bond motifs is 1. The Balaban J connectivity index is 1.97. The summed E-state index contributed by atoms with van der Waals surface area (Å²) < 4.78 is 5.40. The zero-order valence-corrected chi connectivity index (χ0v) is 10.3. The monoisotopic (exact) mass is 247 g/mol. The van der Waals surface area contributed by atoms with Crippen molar-refractivity contribution in [2.24, 2.45) is 5.73 Å². The Bertz CT molecular complexity index is 550. The molecule has 0 bridgehead atoms. The lowest BCUT2D eigenvalue weighted by atomic mass is 10.1. The maximum Gasteiger partial charge on any atom is 0.147 e. The molecule has 4 nitrogen and oxygen atoms in total. The minimum atomic E-state index is -0.0565. The van der Waals surface area contributed by atoms with Crippen molar-refractivity contribution in [1.82, 2.24) is 10.2 Å². The Morgan fingerprint density at radius 3 is 2.88 bits per heavy atom. The topological polar surface area (TPSA) is 61.0 Å². The number of aromatic nitrogens is 2. The largest absolute Gasteiger partial charge is 0.372 e. The number of hydrogen-bond donors (Lipinski definition) is 1. The van der Waals surface area contributed by atoms with Gasteiger partial charge in [-0.2, -0.15) is 0 Å². The van der Waals surface area contributed by atoms with Crippen LogP contribution >= 0.6 is 11.3 Å². The van der Waals surface area contributed by atoms with Crippen molar-refractivity contribution in [3.05, 3.63) is 34.3 Å². The molecule has 0 aliphatic carbocycles. The number of ether oxygens (including phenoxy) is 1. The average Bonchev–Trinajstić information content (AvgIpc) is 2.97. The van der Waals surface area contributed by atoms with E-state index in [2.05, 4.69) is 28.4 Å². The lowest BCUT2D eigenvalue weighted by Crippen LogP contribution is -2.03. The molecule has 5 heteroatoms. The van der Waals surface area contributed by atoms with E-state index < -0.39 is 0 Å². The second-order valence-corrected chi connectivity index (χ2v) is 5.22. The highest BCUT2D eigenvalue weighted by Crippen LogP contribution is 2.29. The normalized spacial score (nSPS) is 15.9. The standard InChI is InChI=1S/C12H13N3OS/c1-7(13)11-14-15-12(17-11)8-2-3-9-5-16-6-10(9)4-8/h2-4,7H,5-6,13H2,1H3. The third-order valence-electron chi connectivity index (χ3n) is 2.80. The summed E-state index contributed by atoms with van der Waals surface area (Å²) in [4.78, 5) is 0. The van der Waals surface area contributed by atoms with E-state index in [-0.39, 0.29) is 6.04 Å². The average molecular weight is 247 g/mol. The molecule has 0 fully saturated rings. The number of rotatable bonds is 2. The van der Waals surface area contributed by atoms with E-state index in [0.29, 0.717) is 6.61 Å². The minimum absolute atomic E-state index is 0.0565. The van der Waals surface area contributed by atoms with E-state index in [1.807, 2.05) is 6.92 Å². The predicted molar refractivity (Wildman–Crippen MR) is 66.4 cm³/mol. The molecule has 1 aromatic heterocycles. The molecule has 0 saturated carbocycles. The van der Waals surface area contributed by atoms with Crippen molar-refractivity contribution >= 4 is 11.3 Å². The summed E-state index contributed by atoms with van der Waals surface area (Å²) in [7, 11) is 0. The fraction of sp³-hybridized carbons (Fsp3) is 0.333. The van der Waals surface area contributed by atoms with Gasteiger partial charge in [-0.15, -0.1) is 10.2 Å². The highest BCUT2D eigenvalue weighted by molar-refractivity contribution is 7.14. The van der Waals surface area contributed by atoms with E-state index in [0.717, 1.165) is 22.2 Å². The summed E-state index contributed by atoms with van der Waals surface area (Å²) in [6.45, 7) is 3.33. The molecule has 1 unspecified atom stereocenters. The van der Waals surface area contributed by atoms with Gasteiger partial charge in [0.05, 0.1) is 19.3 Å². The van der Waals surface area contributed by atoms with Gasteiger partial charge < -0.3 is 10.5 Å². The van der Waals surface area contributed by atoms with E-state index in [4.69, 9.17) is 10.5 Å². The second kappa shape index (κ2) is 4.18. The van der Waals surface area contributed by atoms with Crippen molar-refractivity contribution in [2.75, 3.05) is 0 Å². The zero-order valence-electron chi connectivity index (χ0n) is 9.51. The van der Waals surface area contributed by atoms with E-state index >= 15 is 0 Å². The maximum atomic E-state index is 5.78. The predicted octanol–water partition coefficient (Wildman–Crippen LogP) is 2.26. The summed E-state index contributed by atoms with van der Waals surface area (Å²) in [5.74, 6) is 0. The third kappa shape index (κ3) is 1.97. The first-order valence-electron chi connectivity index (χ1n) is 5.53. The Morgan fingerprint density at radius 2 is 2.12 bits per heavy atom. The van der Waals surface area contributed by atoms with Crippen LogP contribution in [0.3, 0.4) is 0 Å². The molecule has 2 heterocycles. The second-order valence-electron chi connectivity index (χ2n) is 4.21. The van der Waals surface area contributed by atoms with Crippen molar-refractivity contribution < 1.29 is 4.74 Å². The number of nitrogens with two attached hydrogens (primary N) is 1.